The van der Waals surface area contributed by atoms with Gasteiger partial charge in [-0.05, 0) is 87.1 Å². The fourth-order valence-corrected chi connectivity index (χ4v) is 3.97. The molecule has 6 heteroatoms. The summed E-state index contributed by atoms with van der Waals surface area (Å²) in [7, 11) is 0. The van der Waals surface area contributed by atoms with E-state index in [0.29, 0.717) is 5.75 Å². The van der Waals surface area contributed by atoms with Crippen molar-refractivity contribution in [3.05, 3.63) is 49.1 Å². The van der Waals surface area contributed by atoms with Crippen LogP contribution in [0.3, 0.4) is 0 Å². The number of quaternary nitrogens is 1. The maximum absolute atomic E-state index is 9.29. The first-order valence-electron chi connectivity index (χ1n) is 6.38. The number of rotatable bonds is 5. The summed E-state index contributed by atoms with van der Waals surface area (Å²) in [6.07, 6.45) is 0.738. The molecule has 112 valence electrons. The Bertz CT molecular complexity index is 594. The fourth-order valence-electron chi connectivity index (χ4n) is 1.86. The number of ether oxygens (including phenoxy) is 1. The second kappa shape index (κ2) is 7.61. The number of aliphatic hydroxyl groups excluding tert-OH is 1. The van der Waals surface area contributed by atoms with Crippen molar-refractivity contribution in [1.29, 1.82) is 0 Å². The molecule has 0 aromatic heterocycles. The number of hydrogen-bond donors (Lipinski definition) is 3. The number of phenolic OH excluding ortho intramolecular Hbond substituents is 1. The van der Waals surface area contributed by atoms with E-state index in [1.807, 2.05) is 12.1 Å². The number of aliphatic hydroxyl groups is 1. The van der Waals surface area contributed by atoms with Gasteiger partial charge in [0.25, 0.3) is 0 Å². The van der Waals surface area contributed by atoms with Gasteiger partial charge in [-0.3, -0.25) is 0 Å². The van der Waals surface area contributed by atoms with Crippen molar-refractivity contribution >= 4 is 45.2 Å². The molecule has 0 aliphatic carbocycles. The van der Waals surface area contributed by atoms with Crippen molar-refractivity contribution < 1.29 is 20.7 Å². The predicted octanol–water partition coefficient (Wildman–Crippen LogP) is 2.54. The van der Waals surface area contributed by atoms with Gasteiger partial charge in [0.1, 0.15) is 17.5 Å². The molecule has 0 aliphatic heterocycles. The highest BCUT2D eigenvalue weighted by Crippen LogP contribution is 2.33. The van der Waals surface area contributed by atoms with Gasteiger partial charge in [0.2, 0.25) is 0 Å². The number of halogens is 2. The van der Waals surface area contributed by atoms with Crippen LogP contribution in [0, 0.1) is 7.14 Å². The smallest absolute Gasteiger partial charge is 0.154 e. The van der Waals surface area contributed by atoms with E-state index in [2.05, 4.69) is 50.9 Å². The first-order chi connectivity index (χ1) is 9.99. The second-order valence-corrected chi connectivity index (χ2v) is 7.06. The fraction of sp³-hybridized carbons (Fsp3) is 0.200. The van der Waals surface area contributed by atoms with E-state index >= 15 is 0 Å². The van der Waals surface area contributed by atoms with Crippen molar-refractivity contribution in [3.8, 4) is 17.2 Å². The maximum atomic E-state index is 9.29. The highest BCUT2D eigenvalue weighted by atomic mass is 127. The number of aromatic hydroxyl groups is 1. The topological polar surface area (TPSA) is 77.3 Å². The lowest BCUT2D eigenvalue weighted by atomic mass is 10.1. The highest BCUT2D eigenvalue weighted by molar-refractivity contribution is 14.1. The average Bonchev–Trinajstić information content (AvgIpc) is 2.44. The average molecular weight is 512 g/mol. The zero-order chi connectivity index (χ0) is 15.4. The zero-order valence-corrected chi connectivity index (χ0v) is 15.5. The van der Waals surface area contributed by atoms with Crippen LogP contribution in [0.15, 0.2) is 36.4 Å². The van der Waals surface area contributed by atoms with E-state index < -0.39 is 0 Å². The normalized spacial score (nSPS) is 12.2. The molecule has 5 N–H and O–H groups in total. The molecule has 0 unspecified atom stereocenters. The third kappa shape index (κ3) is 4.70. The van der Waals surface area contributed by atoms with Gasteiger partial charge < -0.3 is 20.7 Å². The van der Waals surface area contributed by atoms with Crippen LogP contribution < -0.4 is 10.5 Å². The molecule has 0 saturated heterocycles. The van der Waals surface area contributed by atoms with E-state index in [-0.39, 0.29) is 18.4 Å². The molecule has 4 nitrogen and oxygen atoms in total. The van der Waals surface area contributed by atoms with Gasteiger partial charge in [0.05, 0.1) is 13.7 Å². The predicted molar refractivity (Wildman–Crippen MR) is 97.5 cm³/mol. The summed E-state index contributed by atoms with van der Waals surface area (Å²) >= 11 is 4.48. The second-order valence-electron chi connectivity index (χ2n) is 4.74. The van der Waals surface area contributed by atoms with Crippen LogP contribution in [-0.4, -0.2) is 22.9 Å². The van der Waals surface area contributed by atoms with E-state index in [9.17, 15) is 5.11 Å². The van der Waals surface area contributed by atoms with Crippen molar-refractivity contribution in [3.63, 3.8) is 0 Å². The summed E-state index contributed by atoms with van der Waals surface area (Å²) in [6, 6.07) is 10.7. The summed E-state index contributed by atoms with van der Waals surface area (Å²) in [5.41, 5.74) is 5.03. The third-order valence-electron chi connectivity index (χ3n) is 2.90. The van der Waals surface area contributed by atoms with Gasteiger partial charge in [-0.15, -0.1) is 0 Å². The van der Waals surface area contributed by atoms with Crippen molar-refractivity contribution in [2.24, 2.45) is 0 Å². The molecule has 0 spiro atoms. The van der Waals surface area contributed by atoms with E-state index in [0.717, 1.165) is 24.9 Å². The highest BCUT2D eigenvalue weighted by Gasteiger charge is 2.13. The third-order valence-corrected chi connectivity index (χ3v) is 4.50. The molecule has 0 fully saturated rings. The van der Waals surface area contributed by atoms with Crippen molar-refractivity contribution in [2.45, 2.75) is 12.5 Å². The van der Waals surface area contributed by atoms with E-state index in [4.69, 9.17) is 9.84 Å². The Morgan fingerprint density at radius 3 is 2.19 bits per heavy atom. The molecule has 2 aromatic rings. The molecular formula is C15H16I2NO3+. The van der Waals surface area contributed by atoms with Crippen LogP contribution in [0.25, 0.3) is 0 Å². The lowest BCUT2D eigenvalue weighted by Gasteiger charge is -2.13. The maximum Gasteiger partial charge on any atom is 0.154 e. The summed E-state index contributed by atoms with van der Waals surface area (Å²) in [5, 5.41) is 18.4. The van der Waals surface area contributed by atoms with Crippen LogP contribution in [0.2, 0.25) is 0 Å². The molecule has 21 heavy (non-hydrogen) atoms. The molecule has 1 atom stereocenters. The summed E-state index contributed by atoms with van der Waals surface area (Å²) in [5.74, 6) is 1.70. The Hall–Kier alpha value is -0.580. The van der Waals surface area contributed by atoms with Gasteiger partial charge >= 0.3 is 0 Å². The Morgan fingerprint density at radius 1 is 1.10 bits per heavy atom. The summed E-state index contributed by atoms with van der Waals surface area (Å²) in [4.78, 5) is 0. The molecule has 2 rings (SSSR count). The molecular weight excluding hydrogens is 496 g/mol. The van der Waals surface area contributed by atoms with Crippen molar-refractivity contribution in [2.75, 3.05) is 6.61 Å². The van der Waals surface area contributed by atoms with E-state index in [1.54, 1.807) is 24.3 Å². The van der Waals surface area contributed by atoms with E-state index in [1.165, 1.54) is 0 Å². The Labute approximate surface area is 150 Å². The largest absolute Gasteiger partial charge is 0.508 e. The van der Waals surface area contributed by atoms with Crippen LogP contribution in [0.5, 0.6) is 17.2 Å². The zero-order valence-electron chi connectivity index (χ0n) is 11.2. The Kier molecular flexibility index (Phi) is 6.08. The lowest BCUT2D eigenvalue weighted by molar-refractivity contribution is -0.424. The number of hydrogen-bond acceptors (Lipinski definition) is 3. The standard InChI is InChI=1S/C15H15I2NO3/c16-13-6-9(5-10(18)8-19)7-14(17)15(13)21-12-3-1-11(20)2-4-12/h1-4,6-7,10,19-20H,5,8,18H2/p+1/t10-/m0/s1. The van der Waals surface area contributed by atoms with Crippen LogP contribution in [-0.2, 0) is 6.42 Å². The molecule has 0 amide bonds. The first kappa shape index (κ1) is 16.8. The molecule has 0 bridgehead atoms. The molecule has 0 radical (unpaired) electrons. The minimum atomic E-state index is 0.000432. The molecule has 2 aromatic carbocycles. The monoisotopic (exact) mass is 512 g/mol. The van der Waals surface area contributed by atoms with Gasteiger partial charge in [0, 0.05) is 6.42 Å². The first-order valence-corrected chi connectivity index (χ1v) is 8.54. The van der Waals surface area contributed by atoms with Gasteiger partial charge in [-0.1, -0.05) is 0 Å². The Balaban J connectivity index is 2.22. The molecule has 0 aliphatic rings. The summed E-state index contributed by atoms with van der Waals surface area (Å²) < 4.78 is 7.90. The van der Waals surface area contributed by atoms with Crippen LogP contribution >= 0.6 is 45.2 Å². The van der Waals surface area contributed by atoms with Crippen LogP contribution in [0.4, 0.5) is 0 Å². The number of benzene rings is 2. The quantitative estimate of drug-likeness (QED) is 0.540. The SMILES string of the molecule is [NH3+][C@H](CO)Cc1cc(I)c(Oc2ccc(O)cc2)c(I)c1. The van der Waals surface area contributed by atoms with Gasteiger partial charge in [-0.25, -0.2) is 0 Å². The summed E-state index contributed by atoms with van der Waals surface area (Å²) in [6.45, 7) is 0.0823. The minimum Gasteiger partial charge on any atom is -0.508 e. The number of phenols is 1. The van der Waals surface area contributed by atoms with Gasteiger partial charge in [-0.2, -0.15) is 0 Å². The van der Waals surface area contributed by atoms with Crippen molar-refractivity contribution in [1.82, 2.24) is 0 Å². The Morgan fingerprint density at radius 2 is 1.67 bits per heavy atom. The molecule has 0 heterocycles. The minimum absolute atomic E-state index is 0.000432. The molecule has 0 saturated carbocycles. The van der Waals surface area contributed by atoms with Gasteiger partial charge in [0.15, 0.2) is 5.75 Å². The lowest BCUT2D eigenvalue weighted by Crippen LogP contribution is -2.63. The van der Waals surface area contributed by atoms with Crippen LogP contribution in [0.1, 0.15) is 5.56 Å².